The highest BCUT2D eigenvalue weighted by Crippen LogP contribution is 2.13. The minimum absolute atomic E-state index is 0.190. The van der Waals surface area contributed by atoms with Gasteiger partial charge in [-0.15, -0.1) is 16.9 Å². The predicted octanol–water partition coefficient (Wildman–Crippen LogP) is -0.101. The van der Waals surface area contributed by atoms with Crippen molar-refractivity contribution in [2.75, 3.05) is 12.4 Å². The van der Waals surface area contributed by atoms with Gasteiger partial charge in [-0.3, -0.25) is 0 Å². The maximum Gasteiger partial charge on any atom is 0.114 e. The lowest BCUT2D eigenvalue weighted by Gasteiger charge is -1.95. The number of aryl methyl sites for hydroxylation is 1. The molecular formula is C5H9N3OS. The third kappa shape index (κ3) is 1.71. The van der Waals surface area contributed by atoms with Crippen molar-refractivity contribution in [3.63, 3.8) is 0 Å². The van der Waals surface area contributed by atoms with Gasteiger partial charge in [-0.05, 0) is 0 Å². The summed E-state index contributed by atoms with van der Waals surface area (Å²) in [5, 5.41) is 16.9. The van der Waals surface area contributed by atoms with Gasteiger partial charge in [-0.1, -0.05) is 5.21 Å². The molecule has 0 aliphatic heterocycles. The molecule has 0 unspecified atom stereocenters. The zero-order valence-electron chi connectivity index (χ0n) is 5.69. The Morgan fingerprint density at radius 2 is 2.60 bits per heavy atom. The van der Waals surface area contributed by atoms with Gasteiger partial charge >= 0.3 is 0 Å². The third-order valence-corrected chi connectivity index (χ3v) is 2.07. The Balaban J connectivity index is 2.49. The van der Waals surface area contributed by atoms with Crippen molar-refractivity contribution in [2.45, 2.75) is 5.03 Å². The molecule has 1 rings (SSSR count). The topological polar surface area (TPSA) is 50.9 Å². The van der Waals surface area contributed by atoms with Crippen LogP contribution in [0.15, 0.2) is 11.2 Å². The van der Waals surface area contributed by atoms with E-state index in [2.05, 4.69) is 10.3 Å². The lowest BCUT2D eigenvalue weighted by molar-refractivity contribution is 0.322. The average molecular weight is 159 g/mol. The van der Waals surface area contributed by atoms with Crippen LogP contribution in [0.25, 0.3) is 0 Å². The van der Waals surface area contributed by atoms with Gasteiger partial charge in [0, 0.05) is 12.8 Å². The standard InChI is InChI=1S/C5H9N3OS/c1-8-5(4-6-7-8)10-3-2-9/h4,9H,2-3H2,1H3. The molecule has 0 aliphatic carbocycles. The maximum absolute atomic E-state index is 8.49. The van der Waals surface area contributed by atoms with Gasteiger partial charge in [0.05, 0.1) is 12.8 Å². The summed E-state index contributed by atoms with van der Waals surface area (Å²) in [6.45, 7) is 0.190. The van der Waals surface area contributed by atoms with Crippen molar-refractivity contribution in [2.24, 2.45) is 7.05 Å². The summed E-state index contributed by atoms with van der Waals surface area (Å²) in [7, 11) is 1.83. The van der Waals surface area contributed by atoms with Gasteiger partial charge in [0.25, 0.3) is 0 Å². The van der Waals surface area contributed by atoms with E-state index < -0.39 is 0 Å². The van der Waals surface area contributed by atoms with Gasteiger partial charge < -0.3 is 5.11 Å². The summed E-state index contributed by atoms with van der Waals surface area (Å²) < 4.78 is 1.68. The van der Waals surface area contributed by atoms with Gasteiger partial charge in [0.15, 0.2) is 0 Å². The van der Waals surface area contributed by atoms with E-state index in [4.69, 9.17) is 5.11 Å². The molecule has 1 aromatic heterocycles. The molecular weight excluding hydrogens is 150 g/mol. The Labute approximate surface area is 63.2 Å². The highest BCUT2D eigenvalue weighted by atomic mass is 32.2. The zero-order valence-corrected chi connectivity index (χ0v) is 6.51. The summed E-state index contributed by atoms with van der Waals surface area (Å²) in [5.41, 5.74) is 0. The fourth-order valence-corrected chi connectivity index (χ4v) is 1.21. The number of rotatable bonds is 3. The summed E-state index contributed by atoms with van der Waals surface area (Å²) in [6.07, 6.45) is 1.68. The smallest absolute Gasteiger partial charge is 0.114 e. The number of hydrogen-bond acceptors (Lipinski definition) is 4. The molecule has 4 nitrogen and oxygen atoms in total. The Bertz CT molecular complexity index is 201. The Morgan fingerprint density at radius 1 is 1.80 bits per heavy atom. The molecule has 1 aromatic rings. The van der Waals surface area contributed by atoms with Crippen LogP contribution in [0.4, 0.5) is 0 Å². The molecule has 0 bridgehead atoms. The van der Waals surface area contributed by atoms with Gasteiger partial charge in [-0.2, -0.15) is 0 Å². The molecule has 0 spiro atoms. The molecule has 0 saturated carbocycles. The number of aliphatic hydroxyl groups is 1. The minimum Gasteiger partial charge on any atom is -0.396 e. The molecule has 56 valence electrons. The number of nitrogens with zero attached hydrogens (tertiary/aromatic N) is 3. The molecule has 0 amide bonds. The highest BCUT2D eigenvalue weighted by Gasteiger charge is 1.97. The van der Waals surface area contributed by atoms with E-state index in [9.17, 15) is 0 Å². The van der Waals surface area contributed by atoms with Crippen molar-refractivity contribution >= 4 is 11.8 Å². The van der Waals surface area contributed by atoms with Crippen LogP contribution in [0.5, 0.6) is 0 Å². The van der Waals surface area contributed by atoms with Gasteiger partial charge in [-0.25, -0.2) is 4.68 Å². The second-order valence-corrected chi connectivity index (χ2v) is 2.88. The summed E-state index contributed by atoms with van der Waals surface area (Å²) in [6, 6.07) is 0. The first kappa shape index (κ1) is 7.56. The lowest BCUT2D eigenvalue weighted by Crippen LogP contribution is -1.94. The molecule has 1 N–H and O–H groups in total. The number of hydrogen-bond donors (Lipinski definition) is 1. The maximum atomic E-state index is 8.49. The van der Waals surface area contributed by atoms with E-state index in [1.165, 1.54) is 0 Å². The quantitative estimate of drug-likeness (QED) is 0.626. The van der Waals surface area contributed by atoms with E-state index >= 15 is 0 Å². The number of thioether (sulfide) groups is 1. The average Bonchev–Trinajstić information content (AvgIpc) is 2.31. The third-order valence-electron chi connectivity index (χ3n) is 1.01. The van der Waals surface area contributed by atoms with Crippen molar-refractivity contribution in [1.82, 2.24) is 15.0 Å². The van der Waals surface area contributed by atoms with Crippen LogP contribution in [-0.2, 0) is 7.05 Å². The molecule has 0 aromatic carbocycles. The molecule has 1 heterocycles. The van der Waals surface area contributed by atoms with E-state index in [0.29, 0.717) is 5.75 Å². The van der Waals surface area contributed by atoms with Crippen LogP contribution in [0, 0.1) is 0 Å². The fourth-order valence-electron chi connectivity index (χ4n) is 0.561. The lowest BCUT2D eigenvalue weighted by atomic mass is 10.9. The van der Waals surface area contributed by atoms with E-state index in [0.717, 1.165) is 5.03 Å². The Kier molecular flexibility index (Phi) is 2.70. The van der Waals surface area contributed by atoms with E-state index in [1.807, 2.05) is 7.05 Å². The van der Waals surface area contributed by atoms with Crippen LogP contribution < -0.4 is 0 Å². The first-order chi connectivity index (χ1) is 4.84. The highest BCUT2D eigenvalue weighted by molar-refractivity contribution is 7.99. The molecule has 10 heavy (non-hydrogen) atoms. The van der Waals surface area contributed by atoms with Crippen molar-refractivity contribution < 1.29 is 5.11 Å². The zero-order chi connectivity index (χ0) is 7.40. The Hall–Kier alpha value is -0.550. The fraction of sp³-hybridized carbons (Fsp3) is 0.600. The van der Waals surface area contributed by atoms with Crippen LogP contribution in [-0.4, -0.2) is 32.5 Å². The van der Waals surface area contributed by atoms with Crippen LogP contribution in [0.1, 0.15) is 0 Å². The number of aliphatic hydroxyl groups excluding tert-OH is 1. The van der Waals surface area contributed by atoms with E-state index in [-0.39, 0.29) is 6.61 Å². The van der Waals surface area contributed by atoms with Crippen molar-refractivity contribution in [3.05, 3.63) is 6.20 Å². The van der Waals surface area contributed by atoms with Crippen LogP contribution in [0.3, 0.4) is 0 Å². The first-order valence-electron chi connectivity index (χ1n) is 2.93. The molecule has 0 radical (unpaired) electrons. The predicted molar refractivity (Wildman–Crippen MR) is 38.8 cm³/mol. The van der Waals surface area contributed by atoms with Crippen LogP contribution >= 0.6 is 11.8 Å². The Morgan fingerprint density at radius 3 is 3.10 bits per heavy atom. The van der Waals surface area contributed by atoms with Gasteiger partial charge in [0.1, 0.15) is 5.03 Å². The second kappa shape index (κ2) is 3.58. The van der Waals surface area contributed by atoms with E-state index in [1.54, 1.807) is 22.6 Å². The normalized spacial score (nSPS) is 10.2. The molecule has 0 atom stereocenters. The molecule has 5 heteroatoms. The van der Waals surface area contributed by atoms with Crippen molar-refractivity contribution in [3.8, 4) is 0 Å². The minimum atomic E-state index is 0.190. The van der Waals surface area contributed by atoms with Gasteiger partial charge in [0.2, 0.25) is 0 Å². The van der Waals surface area contributed by atoms with Crippen molar-refractivity contribution in [1.29, 1.82) is 0 Å². The first-order valence-corrected chi connectivity index (χ1v) is 3.91. The van der Waals surface area contributed by atoms with Crippen LogP contribution in [0.2, 0.25) is 0 Å². The second-order valence-electron chi connectivity index (χ2n) is 1.77. The molecule has 0 aliphatic rings. The number of aromatic nitrogens is 3. The monoisotopic (exact) mass is 159 g/mol. The molecule has 0 saturated heterocycles. The molecule has 0 fully saturated rings. The largest absolute Gasteiger partial charge is 0.396 e. The summed E-state index contributed by atoms with van der Waals surface area (Å²) in [5.74, 6) is 0.696. The summed E-state index contributed by atoms with van der Waals surface area (Å²) >= 11 is 1.54. The summed E-state index contributed by atoms with van der Waals surface area (Å²) in [4.78, 5) is 0. The SMILES string of the molecule is Cn1nncc1SCCO.